The molecule has 6 nitrogen and oxygen atoms in total. The van der Waals surface area contributed by atoms with Gasteiger partial charge in [-0.2, -0.15) is 0 Å². The molecule has 1 atom stereocenters. The van der Waals surface area contributed by atoms with E-state index in [1.165, 1.54) is 32.0 Å². The molecule has 1 aromatic carbocycles. The van der Waals surface area contributed by atoms with Gasteiger partial charge in [0.15, 0.2) is 11.6 Å². The number of benzene rings is 1. The number of phenols is 1. The van der Waals surface area contributed by atoms with Crippen LogP contribution in [0.4, 0.5) is 10.1 Å². The molecule has 0 aliphatic carbocycles. The molecule has 178 valence electrons. The molecule has 1 aliphatic rings. The van der Waals surface area contributed by atoms with Crippen LogP contribution in [0.5, 0.6) is 5.75 Å². The minimum atomic E-state index is -0.875. The monoisotopic (exact) mass is 453 g/mol. The van der Waals surface area contributed by atoms with Crippen molar-refractivity contribution in [1.82, 2.24) is 15.3 Å². The molecule has 0 radical (unpaired) electrons. The number of nitrogens with one attached hydrogen (secondary N) is 1. The van der Waals surface area contributed by atoms with Crippen molar-refractivity contribution in [1.29, 1.82) is 0 Å². The number of aliphatic imine (C=N–C) groups is 1. The Bertz CT molecular complexity index is 1060. The first-order chi connectivity index (χ1) is 15.7. The van der Waals surface area contributed by atoms with E-state index in [-0.39, 0.29) is 11.3 Å². The van der Waals surface area contributed by atoms with E-state index in [9.17, 15) is 9.50 Å². The highest BCUT2D eigenvalue weighted by atomic mass is 19.1. The van der Waals surface area contributed by atoms with Crippen LogP contribution >= 0.6 is 0 Å². The highest BCUT2D eigenvalue weighted by Crippen LogP contribution is 2.35. The summed E-state index contributed by atoms with van der Waals surface area (Å²) in [5.41, 5.74) is 7.96. The van der Waals surface area contributed by atoms with Crippen molar-refractivity contribution in [2.75, 3.05) is 19.3 Å². The normalized spacial score (nSPS) is 15.7. The number of piperidine rings is 1. The molecule has 3 heterocycles. The minimum Gasteiger partial charge on any atom is -0.504 e. The zero-order chi connectivity index (χ0) is 24.4. The first-order valence-electron chi connectivity index (χ1n) is 11.4. The molecule has 33 heavy (non-hydrogen) atoms. The zero-order valence-electron chi connectivity index (χ0n) is 20.3. The Balaban J connectivity index is 0.000000290. The summed E-state index contributed by atoms with van der Waals surface area (Å²) in [4.78, 5) is 12.4. The fourth-order valence-corrected chi connectivity index (χ4v) is 3.25. The molecule has 1 saturated heterocycles. The summed E-state index contributed by atoms with van der Waals surface area (Å²) in [5, 5.41) is 13.4. The van der Waals surface area contributed by atoms with Crippen molar-refractivity contribution in [3.8, 4) is 17.0 Å². The molecule has 1 fully saturated rings. The third-order valence-electron chi connectivity index (χ3n) is 4.87. The zero-order valence-corrected chi connectivity index (χ0v) is 20.3. The van der Waals surface area contributed by atoms with Crippen molar-refractivity contribution >= 4 is 22.9 Å². The fraction of sp³-hybridized carbons (Fsp3) is 0.423. The van der Waals surface area contributed by atoms with E-state index in [4.69, 9.17) is 5.73 Å². The van der Waals surface area contributed by atoms with Crippen molar-refractivity contribution in [3.63, 3.8) is 0 Å². The third kappa shape index (κ3) is 7.79. The lowest BCUT2D eigenvalue weighted by atomic mass is 10.0. The van der Waals surface area contributed by atoms with E-state index in [0.29, 0.717) is 16.8 Å². The van der Waals surface area contributed by atoms with Gasteiger partial charge in [0, 0.05) is 36.6 Å². The summed E-state index contributed by atoms with van der Waals surface area (Å²) < 4.78 is 14.1. The van der Waals surface area contributed by atoms with E-state index < -0.39 is 11.6 Å². The van der Waals surface area contributed by atoms with Crippen LogP contribution in [0.1, 0.15) is 52.5 Å². The van der Waals surface area contributed by atoms with E-state index in [1.54, 1.807) is 43.6 Å². The van der Waals surface area contributed by atoms with E-state index in [1.807, 2.05) is 0 Å². The van der Waals surface area contributed by atoms with Gasteiger partial charge in [-0.15, -0.1) is 0 Å². The van der Waals surface area contributed by atoms with Crippen molar-refractivity contribution in [2.45, 2.75) is 53.0 Å². The lowest BCUT2D eigenvalue weighted by molar-refractivity contribution is 0.425. The molecule has 3 aromatic rings. The number of hydrogen-bond acceptors (Lipinski definition) is 6. The number of rotatable bonds is 2. The summed E-state index contributed by atoms with van der Waals surface area (Å²) in [6, 6.07) is 9.34. The minimum absolute atomic E-state index is 0.144. The Morgan fingerprint density at radius 2 is 1.94 bits per heavy atom. The van der Waals surface area contributed by atoms with E-state index >= 15 is 0 Å². The van der Waals surface area contributed by atoms with Crippen LogP contribution in [0.3, 0.4) is 0 Å². The second-order valence-electron chi connectivity index (χ2n) is 8.80. The van der Waals surface area contributed by atoms with Gasteiger partial charge in [0.1, 0.15) is 0 Å². The quantitative estimate of drug-likeness (QED) is 0.347. The van der Waals surface area contributed by atoms with Gasteiger partial charge in [-0.25, -0.2) is 9.37 Å². The van der Waals surface area contributed by atoms with Gasteiger partial charge in [-0.05, 0) is 62.6 Å². The van der Waals surface area contributed by atoms with Gasteiger partial charge >= 0.3 is 0 Å². The highest BCUT2D eigenvalue weighted by molar-refractivity contribution is 5.91. The SMILES string of the molecule is CC(C)C.CC1CCCCN1.CN=Cc1cc(-c2ccc3ncccc3n2)c(O)c(F)c1N. The first kappa shape index (κ1) is 26.2. The van der Waals surface area contributed by atoms with Gasteiger partial charge < -0.3 is 16.2 Å². The molecule has 7 heteroatoms. The number of aromatic hydroxyl groups is 1. The lowest BCUT2D eigenvalue weighted by Crippen LogP contribution is -2.30. The summed E-state index contributed by atoms with van der Waals surface area (Å²) in [6.07, 6.45) is 7.28. The van der Waals surface area contributed by atoms with Crippen molar-refractivity contribution < 1.29 is 9.50 Å². The molecule has 0 bridgehead atoms. The lowest BCUT2D eigenvalue weighted by Gasteiger charge is -2.18. The molecule has 0 spiro atoms. The number of nitrogens with zero attached hydrogens (tertiary/aromatic N) is 3. The van der Waals surface area contributed by atoms with Gasteiger partial charge in [-0.3, -0.25) is 9.98 Å². The number of nitrogen functional groups attached to an aromatic ring is 1. The number of phenolic OH excluding ortho intramolecular Hbond substituents is 1. The molecule has 0 amide bonds. The van der Waals surface area contributed by atoms with Crippen LogP contribution in [-0.4, -0.2) is 40.9 Å². The fourth-order valence-electron chi connectivity index (χ4n) is 3.25. The maximum atomic E-state index is 14.1. The Morgan fingerprint density at radius 1 is 1.21 bits per heavy atom. The Kier molecular flexibility index (Phi) is 10.2. The van der Waals surface area contributed by atoms with Gasteiger partial charge in [-0.1, -0.05) is 27.2 Å². The summed E-state index contributed by atoms with van der Waals surface area (Å²) in [5.74, 6) is -0.568. The molecule has 4 rings (SSSR count). The summed E-state index contributed by atoms with van der Waals surface area (Å²) >= 11 is 0. The molecular formula is C26H36FN5O. The topological polar surface area (TPSA) is 96.4 Å². The molecule has 4 N–H and O–H groups in total. The molecule has 0 saturated carbocycles. The number of fused-ring (bicyclic) bond motifs is 1. The standard InChI is InChI=1S/C16H13FN4O.C6H13N.C4H10/c1-19-8-9-7-10(16(22)14(17)15(9)18)11-4-5-12-13(21-11)3-2-6-20-12;1-6-4-2-3-5-7-6;1-4(2)3/h2-8,22H,18H2,1H3;6-7H,2-5H2,1H3;4H,1-3H3. The van der Waals surface area contributed by atoms with Crippen molar-refractivity contribution in [3.05, 3.63) is 47.9 Å². The summed E-state index contributed by atoms with van der Waals surface area (Å²) in [6.45, 7) is 9.99. The average molecular weight is 454 g/mol. The smallest absolute Gasteiger partial charge is 0.189 e. The predicted octanol–water partition coefficient (Wildman–Crippen LogP) is 5.58. The Morgan fingerprint density at radius 3 is 2.52 bits per heavy atom. The number of nitrogens with two attached hydrogens (primary N) is 1. The van der Waals surface area contributed by atoms with Crippen LogP contribution in [0.25, 0.3) is 22.3 Å². The first-order valence-corrected chi connectivity index (χ1v) is 11.4. The number of pyridine rings is 2. The second kappa shape index (κ2) is 12.8. The molecule has 1 unspecified atom stereocenters. The van der Waals surface area contributed by atoms with Crippen LogP contribution in [0, 0.1) is 11.7 Å². The maximum Gasteiger partial charge on any atom is 0.189 e. The number of anilines is 1. The molecule has 2 aromatic heterocycles. The highest BCUT2D eigenvalue weighted by Gasteiger charge is 2.17. The van der Waals surface area contributed by atoms with Gasteiger partial charge in [0.25, 0.3) is 0 Å². The molecular weight excluding hydrogens is 417 g/mol. The number of aromatic nitrogens is 2. The van der Waals surface area contributed by atoms with Crippen LogP contribution in [0.15, 0.2) is 41.5 Å². The van der Waals surface area contributed by atoms with Gasteiger partial charge in [0.05, 0.1) is 22.4 Å². The Hall–Kier alpha value is -3.06. The predicted molar refractivity (Wildman–Crippen MR) is 136 cm³/mol. The number of hydrogen-bond donors (Lipinski definition) is 3. The van der Waals surface area contributed by atoms with E-state index in [0.717, 1.165) is 17.5 Å². The van der Waals surface area contributed by atoms with Crippen LogP contribution in [0.2, 0.25) is 0 Å². The van der Waals surface area contributed by atoms with Gasteiger partial charge in [0.2, 0.25) is 0 Å². The van der Waals surface area contributed by atoms with Crippen molar-refractivity contribution in [2.24, 2.45) is 10.9 Å². The average Bonchev–Trinajstić information content (AvgIpc) is 2.80. The largest absolute Gasteiger partial charge is 0.504 e. The Labute approximate surface area is 196 Å². The van der Waals surface area contributed by atoms with E-state index in [2.05, 4.69) is 48.0 Å². The second-order valence-corrected chi connectivity index (χ2v) is 8.80. The summed E-state index contributed by atoms with van der Waals surface area (Å²) in [7, 11) is 1.56. The van der Waals surface area contributed by atoms with Crippen LogP contribution in [-0.2, 0) is 0 Å². The third-order valence-corrected chi connectivity index (χ3v) is 4.87. The maximum absolute atomic E-state index is 14.1. The number of halogens is 1. The molecule has 1 aliphatic heterocycles. The van der Waals surface area contributed by atoms with Crippen LogP contribution < -0.4 is 11.1 Å².